The van der Waals surface area contributed by atoms with Gasteiger partial charge in [-0.3, -0.25) is 9.69 Å². The molecule has 2 aromatic rings. The first kappa shape index (κ1) is 23.3. The van der Waals surface area contributed by atoms with Gasteiger partial charge in [0.25, 0.3) is 0 Å². The molecule has 2 aliphatic rings. The fraction of sp³-hybridized carbons (Fsp3) is 0.600. The summed E-state index contributed by atoms with van der Waals surface area (Å²) in [6.45, 7) is 13.0. The van der Waals surface area contributed by atoms with Gasteiger partial charge in [-0.25, -0.2) is 4.98 Å². The van der Waals surface area contributed by atoms with Gasteiger partial charge in [-0.15, -0.1) is 0 Å². The third-order valence-corrected chi connectivity index (χ3v) is 7.46. The van der Waals surface area contributed by atoms with Gasteiger partial charge in [-0.2, -0.15) is 0 Å². The van der Waals surface area contributed by atoms with Gasteiger partial charge in [0.1, 0.15) is 5.76 Å². The molecule has 2 fully saturated rings. The molecular weight excluding hydrogens is 424 g/mol. The summed E-state index contributed by atoms with van der Waals surface area (Å²) in [4.78, 5) is 24.2. The molecule has 0 N–H and O–H groups in total. The second-order valence-corrected chi connectivity index (χ2v) is 10.0. The van der Waals surface area contributed by atoms with Gasteiger partial charge >= 0.3 is 0 Å². The molecule has 1 aromatic heterocycles. The number of aryl methyl sites for hydroxylation is 1. The number of rotatable bonds is 9. The molecule has 174 valence electrons. The quantitative estimate of drug-likeness (QED) is 0.560. The van der Waals surface area contributed by atoms with Crippen LogP contribution >= 0.6 is 11.6 Å². The summed E-state index contributed by atoms with van der Waals surface area (Å²) >= 11 is 5.98. The van der Waals surface area contributed by atoms with E-state index in [-0.39, 0.29) is 5.92 Å². The smallest absolute Gasteiger partial charge is 0.226 e. The van der Waals surface area contributed by atoms with E-state index < -0.39 is 0 Å². The Balaban J connectivity index is 1.23. The SMILES string of the molecule is CCN(CC)CCN(C)C(=O)C1CC2(C1)CN(Cc1nc(-c3ccc(Cl)cc3)oc1C)C2. The lowest BCUT2D eigenvalue weighted by atomic mass is 9.57. The molecule has 4 rings (SSSR count). The highest BCUT2D eigenvalue weighted by molar-refractivity contribution is 6.30. The van der Waals surface area contributed by atoms with Crippen molar-refractivity contribution in [2.75, 3.05) is 46.3 Å². The maximum atomic E-state index is 12.8. The van der Waals surface area contributed by atoms with Crippen molar-refractivity contribution < 1.29 is 9.21 Å². The number of benzene rings is 1. The minimum absolute atomic E-state index is 0.198. The number of likely N-dealkylation sites (N-methyl/N-ethyl adjacent to an activating group) is 2. The van der Waals surface area contributed by atoms with Crippen molar-refractivity contribution in [1.29, 1.82) is 0 Å². The minimum Gasteiger partial charge on any atom is -0.441 e. The van der Waals surface area contributed by atoms with E-state index in [0.29, 0.717) is 22.2 Å². The molecule has 1 saturated heterocycles. The highest BCUT2D eigenvalue weighted by Gasteiger charge is 2.54. The van der Waals surface area contributed by atoms with Crippen LogP contribution < -0.4 is 0 Å². The molecule has 0 unspecified atom stereocenters. The van der Waals surface area contributed by atoms with Crippen LogP contribution in [0, 0.1) is 18.3 Å². The predicted octanol–water partition coefficient (Wildman–Crippen LogP) is 4.32. The van der Waals surface area contributed by atoms with Crippen molar-refractivity contribution in [3.63, 3.8) is 0 Å². The number of hydrogen-bond acceptors (Lipinski definition) is 5. The second-order valence-electron chi connectivity index (χ2n) is 9.57. The number of nitrogens with zero attached hydrogens (tertiary/aromatic N) is 4. The number of aromatic nitrogens is 1. The van der Waals surface area contributed by atoms with Gasteiger partial charge in [0.2, 0.25) is 11.8 Å². The lowest BCUT2D eigenvalue weighted by Gasteiger charge is -2.59. The van der Waals surface area contributed by atoms with E-state index >= 15 is 0 Å². The number of amides is 1. The van der Waals surface area contributed by atoms with Crippen LogP contribution in [0.4, 0.5) is 0 Å². The summed E-state index contributed by atoms with van der Waals surface area (Å²) in [7, 11) is 1.95. The van der Waals surface area contributed by atoms with Crippen LogP contribution in [-0.4, -0.2) is 71.9 Å². The Morgan fingerprint density at radius 3 is 2.47 bits per heavy atom. The van der Waals surface area contributed by atoms with Crippen LogP contribution in [0.5, 0.6) is 0 Å². The third-order valence-electron chi connectivity index (χ3n) is 7.21. The zero-order valence-corrected chi connectivity index (χ0v) is 20.5. The van der Waals surface area contributed by atoms with Crippen molar-refractivity contribution in [2.24, 2.45) is 11.3 Å². The van der Waals surface area contributed by atoms with E-state index in [0.717, 1.165) is 75.7 Å². The first-order chi connectivity index (χ1) is 15.3. The van der Waals surface area contributed by atoms with Crippen LogP contribution in [0.2, 0.25) is 5.02 Å². The van der Waals surface area contributed by atoms with Gasteiger partial charge in [0.15, 0.2) is 0 Å². The van der Waals surface area contributed by atoms with E-state index in [1.165, 1.54) is 0 Å². The molecule has 1 aliphatic carbocycles. The van der Waals surface area contributed by atoms with Crippen molar-refractivity contribution in [1.82, 2.24) is 19.7 Å². The van der Waals surface area contributed by atoms with E-state index in [1.54, 1.807) is 0 Å². The van der Waals surface area contributed by atoms with E-state index in [9.17, 15) is 4.79 Å². The Morgan fingerprint density at radius 1 is 1.19 bits per heavy atom. The predicted molar refractivity (Wildman–Crippen MR) is 128 cm³/mol. The molecule has 7 heteroatoms. The minimum atomic E-state index is 0.198. The molecule has 32 heavy (non-hydrogen) atoms. The second kappa shape index (κ2) is 9.54. The summed E-state index contributed by atoms with van der Waals surface area (Å²) in [5, 5.41) is 0.704. The molecule has 1 spiro atoms. The summed E-state index contributed by atoms with van der Waals surface area (Å²) in [5.41, 5.74) is 2.26. The Bertz CT molecular complexity index is 924. The summed E-state index contributed by atoms with van der Waals surface area (Å²) < 4.78 is 5.90. The number of carbonyl (C=O) groups is 1. The van der Waals surface area contributed by atoms with Crippen molar-refractivity contribution in [3.05, 3.63) is 40.7 Å². The van der Waals surface area contributed by atoms with Crippen LogP contribution in [0.1, 0.15) is 38.1 Å². The standard InChI is InChI=1S/C25H35ClN4O2/c1-5-29(6-2)12-11-28(4)24(31)20-13-25(14-20)16-30(17-25)15-22-18(3)32-23(27-22)19-7-9-21(26)10-8-19/h7-10,20H,5-6,11-17H2,1-4H3. The molecule has 6 nitrogen and oxygen atoms in total. The number of oxazole rings is 1. The number of hydrogen-bond donors (Lipinski definition) is 0. The highest BCUT2D eigenvalue weighted by Crippen LogP contribution is 2.52. The maximum absolute atomic E-state index is 12.8. The fourth-order valence-corrected chi connectivity index (χ4v) is 5.31. The van der Waals surface area contributed by atoms with Crippen LogP contribution in [0.25, 0.3) is 11.5 Å². The van der Waals surface area contributed by atoms with Crippen molar-refractivity contribution in [3.8, 4) is 11.5 Å². The maximum Gasteiger partial charge on any atom is 0.226 e. The summed E-state index contributed by atoms with van der Waals surface area (Å²) in [6, 6.07) is 7.57. The molecule has 2 heterocycles. The first-order valence-electron chi connectivity index (χ1n) is 11.7. The van der Waals surface area contributed by atoms with E-state index in [4.69, 9.17) is 21.0 Å². The normalized spacial score (nSPS) is 18.1. The zero-order valence-electron chi connectivity index (χ0n) is 19.7. The Labute approximate surface area is 196 Å². The molecular formula is C25H35ClN4O2. The van der Waals surface area contributed by atoms with Gasteiger partial charge < -0.3 is 14.2 Å². The third kappa shape index (κ3) is 4.87. The van der Waals surface area contributed by atoms with E-state index in [2.05, 4.69) is 23.6 Å². The number of likely N-dealkylation sites (tertiary alicyclic amines) is 1. The van der Waals surface area contributed by atoms with Crippen LogP contribution in [-0.2, 0) is 11.3 Å². The average Bonchev–Trinajstić information content (AvgIpc) is 3.09. The van der Waals surface area contributed by atoms with Crippen LogP contribution in [0.3, 0.4) is 0 Å². The fourth-order valence-electron chi connectivity index (χ4n) is 5.19. The summed E-state index contributed by atoms with van der Waals surface area (Å²) in [5.74, 6) is 2.03. The average molecular weight is 459 g/mol. The zero-order chi connectivity index (χ0) is 22.9. The Hall–Kier alpha value is -1.89. The topological polar surface area (TPSA) is 52.8 Å². The number of halogens is 1. The Kier molecular flexibility index (Phi) is 6.94. The molecule has 0 radical (unpaired) electrons. The van der Waals surface area contributed by atoms with Crippen molar-refractivity contribution >= 4 is 17.5 Å². The largest absolute Gasteiger partial charge is 0.441 e. The molecule has 1 amide bonds. The highest BCUT2D eigenvalue weighted by atomic mass is 35.5. The Morgan fingerprint density at radius 2 is 1.84 bits per heavy atom. The van der Waals surface area contributed by atoms with Crippen LogP contribution in [0.15, 0.2) is 28.7 Å². The van der Waals surface area contributed by atoms with Gasteiger partial charge in [0.05, 0.1) is 5.69 Å². The van der Waals surface area contributed by atoms with E-state index in [1.807, 2.05) is 43.1 Å². The molecule has 1 saturated carbocycles. The molecule has 0 atom stereocenters. The lowest BCUT2D eigenvalue weighted by Crippen LogP contribution is -2.63. The monoisotopic (exact) mass is 458 g/mol. The molecule has 1 aromatic carbocycles. The van der Waals surface area contributed by atoms with Gasteiger partial charge in [-0.05, 0) is 62.5 Å². The summed E-state index contributed by atoms with van der Waals surface area (Å²) in [6.07, 6.45) is 2.04. The van der Waals surface area contributed by atoms with Gasteiger partial charge in [0, 0.05) is 56.3 Å². The van der Waals surface area contributed by atoms with Gasteiger partial charge in [-0.1, -0.05) is 25.4 Å². The van der Waals surface area contributed by atoms with Crippen molar-refractivity contribution in [2.45, 2.75) is 40.2 Å². The molecule has 1 aliphatic heterocycles. The first-order valence-corrected chi connectivity index (χ1v) is 12.1. The number of carbonyl (C=O) groups excluding carboxylic acids is 1. The molecule has 0 bridgehead atoms. The lowest BCUT2D eigenvalue weighted by molar-refractivity contribution is -0.154.